The maximum Gasteiger partial charge on any atom is 0.264 e. The summed E-state index contributed by atoms with van der Waals surface area (Å²) in [7, 11) is -0.664. The number of nitrogens with one attached hydrogen (secondary N) is 1. The molecular formula is C25H26N2O5S. The van der Waals surface area contributed by atoms with Crippen LogP contribution in [0.3, 0.4) is 0 Å². The van der Waals surface area contributed by atoms with Gasteiger partial charge < -0.3 is 14.8 Å². The fraction of sp³-hybridized carbons (Fsp3) is 0.240. The highest BCUT2D eigenvalue weighted by Gasteiger charge is 2.31. The molecule has 1 atom stereocenters. The summed E-state index contributed by atoms with van der Waals surface area (Å²) in [6, 6.07) is 18.6. The lowest BCUT2D eigenvalue weighted by Crippen LogP contribution is -2.30. The third-order valence-corrected chi connectivity index (χ3v) is 7.59. The van der Waals surface area contributed by atoms with Gasteiger partial charge in [-0.3, -0.25) is 9.10 Å². The van der Waals surface area contributed by atoms with E-state index in [2.05, 4.69) is 5.32 Å². The third kappa shape index (κ3) is 4.39. The maximum absolute atomic E-state index is 13.3. The van der Waals surface area contributed by atoms with Crippen LogP contribution in [0.25, 0.3) is 0 Å². The van der Waals surface area contributed by atoms with Crippen molar-refractivity contribution < 1.29 is 22.7 Å². The molecule has 4 rings (SSSR count). The lowest BCUT2D eigenvalue weighted by Gasteiger charge is -2.20. The van der Waals surface area contributed by atoms with E-state index in [1.807, 2.05) is 31.2 Å². The first-order chi connectivity index (χ1) is 15.8. The van der Waals surface area contributed by atoms with Crippen molar-refractivity contribution in [3.63, 3.8) is 0 Å². The van der Waals surface area contributed by atoms with E-state index >= 15 is 0 Å². The Labute approximate surface area is 194 Å². The molecule has 0 fully saturated rings. The van der Waals surface area contributed by atoms with Gasteiger partial charge in [-0.15, -0.1) is 0 Å². The SMILES string of the molecule is COc1ccc(C(C)NC(=O)c2cccc(S(=O)(=O)N3CCc4ccccc43)c2)c(OC)c1. The van der Waals surface area contributed by atoms with Crippen LogP contribution in [0.5, 0.6) is 11.5 Å². The highest BCUT2D eigenvalue weighted by atomic mass is 32.2. The summed E-state index contributed by atoms with van der Waals surface area (Å²) < 4.78 is 38.7. The molecule has 0 saturated heterocycles. The molecule has 0 radical (unpaired) electrons. The number of amides is 1. The van der Waals surface area contributed by atoms with Gasteiger partial charge in [0.1, 0.15) is 11.5 Å². The standard InChI is InChI=1S/C25H26N2O5S/c1-17(22-12-11-20(31-2)16-24(22)32-3)26-25(28)19-8-6-9-21(15-19)33(29,30)27-14-13-18-7-4-5-10-23(18)27/h4-12,15-17H,13-14H2,1-3H3,(H,26,28). The molecule has 8 heteroatoms. The van der Waals surface area contributed by atoms with Gasteiger partial charge in [0.2, 0.25) is 0 Å². The molecule has 1 aliphatic heterocycles. The number of para-hydroxylation sites is 1. The van der Waals surface area contributed by atoms with Crippen LogP contribution in [0.1, 0.15) is 34.5 Å². The van der Waals surface area contributed by atoms with Crippen molar-refractivity contribution >= 4 is 21.6 Å². The maximum atomic E-state index is 13.3. The van der Waals surface area contributed by atoms with Gasteiger partial charge >= 0.3 is 0 Å². The fourth-order valence-electron chi connectivity index (χ4n) is 4.02. The molecular weight excluding hydrogens is 440 g/mol. The fourth-order valence-corrected chi connectivity index (χ4v) is 5.57. The van der Waals surface area contributed by atoms with E-state index in [1.54, 1.807) is 44.6 Å². The number of sulfonamides is 1. The Balaban J connectivity index is 1.56. The Bertz CT molecular complexity index is 1290. The second-order valence-electron chi connectivity index (χ2n) is 7.79. The summed E-state index contributed by atoms with van der Waals surface area (Å²) in [6.45, 7) is 2.22. The lowest BCUT2D eigenvalue weighted by molar-refractivity contribution is 0.0939. The van der Waals surface area contributed by atoms with E-state index in [0.29, 0.717) is 30.2 Å². The first-order valence-corrected chi connectivity index (χ1v) is 12.0. The number of carbonyl (C=O) groups excluding carboxylic acids is 1. The van der Waals surface area contributed by atoms with E-state index in [4.69, 9.17) is 9.47 Å². The smallest absolute Gasteiger partial charge is 0.264 e. The number of nitrogens with zero attached hydrogens (tertiary/aromatic N) is 1. The molecule has 1 amide bonds. The molecule has 0 aromatic heterocycles. The van der Waals surface area contributed by atoms with Crippen LogP contribution in [-0.4, -0.2) is 35.1 Å². The number of fused-ring (bicyclic) bond motifs is 1. The van der Waals surface area contributed by atoms with Gasteiger partial charge in [-0.2, -0.15) is 0 Å². The summed E-state index contributed by atoms with van der Waals surface area (Å²) >= 11 is 0. The molecule has 0 aliphatic carbocycles. The topological polar surface area (TPSA) is 84.9 Å². The Kier molecular flexibility index (Phi) is 6.29. The van der Waals surface area contributed by atoms with Gasteiger partial charge in [0.05, 0.1) is 30.8 Å². The van der Waals surface area contributed by atoms with Crippen molar-refractivity contribution in [1.82, 2.24) is 5.32 Å². The van der Waals surface area contributed by atoms with E-state index in [1.165, 1.54) is 16.4 Å². The first-order valence-electron chi connectivity index (χ1n) is 10.6. The molecule has 1 N–H and O–H groups in total. The zero-order chi connectivity index (χ0) is 23.6. The van der Waals surface area contributed by atoms with Crippen LogP contribution in [0.2, 0.25) is 0 Å². The largest absolute Gasteiger partial charge is 0.497 e. The number of carbonyl (C=O) groups is 1. The summed E-state index contributed by atoms with van der Waals surface area (Å²) in [6.07, 6.45) is 0.663. The van der Waals surface area contributed by atoms with Crippen molar-refractivity contribution in [2.75, 3.05) is 25.1 Å². The van der Waals surface area contributed by atoms with E-state index < -0.39 is 10.0 Å². The number of rotatable bonds is 7. The van der Waals surface area contributed by atoms with Gasteiger partial charge in [-0.25, -0.2) is 8.42 Å². The molecule has 3 aromatic carbocycles. The number of benzene rings is 3. The quantitative estimate of drug-likeness (QED) is 0.570. The Hall–Kier alpha value is -3.52. The number of methoxy groups -OCH3 is 2. The minimum absolute atomic E-state index is 0.0848. The molecule has 3 aromatic rings. The number of anilines is 1. The van der Waals surface area contributed by atoms with Gasteiger partial charge in [0.25, 0.3) is 15.9 Å². The summed E-state index contributed by atoms with van der Waals surface area (Å²) in [5, 5.41) is 2.92. The van der Waals surface area contributed by atoms with Gasteiger partial charge in [-0.1, -0.05) is 24.3 Å². The summed E-state index contributed by atoms with van der Waals surface area (Å²) in [4.78, 5) is 13.0. The van der Waals surface area contributed by atoms with Crippen LogP contribution >= 0.6 is 0 Å². The molecule has 0 spiro atoms. The number of hydrogen-bond acceptors (Lipinski definition) is 5. The van der Waals surface area contributed by atoms with Crippen LogP contribution in [0.4, 0.5) is 5.69 Å². The third-order valence-electron chi connectivity index (χ3n) is 5.78. The Morgan fingerprint density at radius 1 is 1.00 bits per heavy atom. The van der Waals surface area contributed by atoms with Crippen LogP contribution in [-0.2, 0) is 16.4 Å². The highest BCUT2D eigenvalue weighted by molar-refractivity contribution is 7.92. The van der Waals surface area contributed by atoms with Gasteiger partial charge in [0.15, 0.2) is 0 Å². The van der Waals surface area contributed by atoms with Crippen molar-refractivity contribution in [1.29, 1.82) is 0 Å². The minimum atomic E-state index is -3.79. The van der Waals surface area contributed by atoms with Crippen molar-refractivity contribution in [3.05, 3.63) is 83.4 Å². The molecule has 33 heavy (non-hydrogen) atoms. The molecule has 7 nitrogen and oxygen atoms in total. The zero-order valence-electron chi connectivity index (χ0n) is 18.7. The predicted octanol–water partition coefficient (Wildman–Crippen LogP) is 3.95. The Morgan fingerprint density at radius 3 is 2.55 bits per heavy atom. The monoisotopic (exact) mass is 466 g/mol. The van der Waals surface area contributed by atoms with Crippen molar-refractivity contribution in [3.8, 4) is 11.5 Å². The minimum Gasteiger partial charge on any atom is -0.497 e. The molecule has 1 unspecified atom stereocenters. The average Bonchev–Trinajstić information content (AvgIpc) is 3.28. The molecule has 0 bridgehead atoms. The van der Waals surface area contributed by atoms with Crippen LogP contribution < -0.4 is 19.1 Å². The number of hydrogen-bond donors (Lipinski definition) is 1. The normalized spacial score (nSPS) is 13.8. The number of ether oxygens (including phenoxy) is 2. The van der Waals surface area contributed by atoms with Crippen molar-refractivity contribution in [2.24, 2.45) is 0 Å². The summed E-state index contributed by atoms with van der Waals surface area (Å²) in [5.41, 5.74) is 2.73. The average molecular weight is 467 g/mol. The van der Waals surface area contributed by atoms with Gasteiger partial charge in [0, 0.05) is 23.7 Å². The van der Waals surface area contributed by atoms with E-state index in [-0.39, 0.29) is 22.4 Å². The molecule has 1 heterocycles. The van der Waals surface area contributed by atoms with Crippen LogP contribution in [0, 0.1) is 0 Å². The predicted molar refractivity (Wildman–Crippen MR) is 127 cm³/mol. The summed E-state index contributed by atoms with van der Waals surface area (Å²) in [5.74, 6) is 0.862. The molecule has 172 valence electrons. The van der Waals surface area contributed by atoms with E-state index in [9.17, 15) is 13.2 Å². The highest BCUT2D eigenvalue weighted by Crippen LogP contribution is 2.33. The molecule has 0 saturated carbocycles. The van der Waals surface area contributed by atoms with Gasteiger partial charge in [-0.05, 0) is 55.3 Å². The first kappa shape index (κ1) is 22.7. The zero-order valence-corrected chi connectivity index (χ0v) is 19.6. The van der Waals surface area contributed by atoms with Crippen LogP contribution in [0.15, 0.2) is 71.6 Å². The van der Waals surface area contributed by atoms with E-state index in [0.717, 1.165) is 11.1 Å². The molecule has 1 aliphatic rings. The second-order valence-corrected chi connectivity index (χ2v) is 9.65. The lowest BCUT2D eigenvalue weighted by atomic mass is 10.1. The second kappa shape index (κ2) is 9.15. The Morgan fingerprint density at radius 2 is 1.79 bits per heavy atom. The van der Waals surface area contributed by atoms with Crippen molar-refractivity contribution in [2.45, 2.75) is 24.3 Å².